The Hall–Kier alpha value is -5.48. The van der Waals surface area contributed by atoms with Gasteiger partial charge in [-0.25, -0.2) is 25.8 Å². The lowest BCUT2D eigenvalue weighted by molar-refractivity contribution is 0.420. The molecule has 0 aliphatic heterocycles. The van der Waals surface area contributed by atoms with Crippen LogP contribution in [0.2, 0.25) is 0 Å². The molecule has 0 spiro atoms. The average Bonchev–Trinajstić information content (AvgIpc) is 3.34. The van der Waals surface area contributed by atoms with Gasteiger partial charge in [-0.3, -0.25) is 9.99 Å². The molecule has 1 aromatic carbocycles. The van der Waals surface area contributed by atoms with Crippen LogP contribution in [0.3, 0.4) is 0 Å². The van der Waals surface area contributed by atoms with E-state index in [1.165, 1.54) is 15.9 Å². The normalized spacial score (nSPS) is 11.4. The number of nitrogens with two attached hydrogens (primary N) is 3. The Morgan fingerprint density at radius 2 is 1.89 bits per heavy atom. The molecule has 0 fully saturated rings. The van der Waals surface area contributed by atoms with E-state index in [1.807, 2.05) is 6.07 Å². The largest absolute Gasteiger partial charge is 0.368 e. The van der Waals surface area contributed by atoms with Crippen LogP contribution in [0.1, 0.15) is 17.0 Å². The van der Waals surface area contributed by atoms with Gasteiger partial charge < -0.3 is 11.6 Å². The number of hydrogen-bond donors (Lipinski definition) is 3. The van der Waals surface area contributed by atoms with Gasteiger partial charge in [0.1, 0.15) is 6.33 Å². The summed E-state index contributed by atoms with van der Waals surface area (Å²) in [5.41, 5.74) is 10.2. The summed E-state index contributed by atoms with van der Waals surface area (Å²) in [6.45, 7) is 0.0714. The standard InChI is InChI=1S/C23H19N13/c24-11-14-2-1-3-16(10-14)20-19(17-6-9-29-13-30-17)22-31-18(34-36(22)23(25)32-20)12-35(27)21(33-26)15-4-7-28-8-5-15/h1-10,13H,12,26-27H2,(H2,25,32)/b33-21-. The number of hydrazone groups is 1. The van der Waals surface area contributed by atoms with E-state index in [2.05, 4.69) is 36.2 Å². The third-order valence-corrected chi connectivity index (χ3v) is 5.30. The SMILES string of the molecule is N#Cc1cccc(-c2nc(N)n3nc(CN(N)/C(=N\N)c4ccncc4)nc3c2-c2ccncn2)c1. The Kier molecular flexibility index (Phi) is 5.83. The maximum Gasteiger partial charge on any atom is 0.223 e. The number of nitrogens with zero attached hydrogens (tertiary/aromatic N) is 10. The minimum Gasteiger partial charge on any atom is -0.368 e. The van der Waals surface area contributed by atoms with Crippen molar-refractivity contribution in [3.63, 3.8) is 0 Å². The number of pyridine rings is 1. The first-order valence-electron chi connectivity index (χ1n) is 10.6. The summed E-state index contributed by atoms with van der Waals surface area (Å²) in [6.07, 6.45) is 6.26. The molecule has 4 heterocycles. The Morgan fingerprint density at radius 3 is 2.61 bits per heavy atom. The molecule has 0 aliphatic carbocycles. The van der Waals surface area contributed by atoms with Crippen LogP contribution in [-0.4, -0.2) is 45.4 Å². The van der Waals surface area contributed by atoms with Gasteiger partial charge in [-0.15, -0.1) is 5.10 Å². The number of fused-ring (bicyclic) bond motifs is 1. The van der Waals surface area contributed by atoms with E-state index < -0.39 is 0 Å². The minimum absolute atomic E-state index is 0.0714. The fraction of sp³-hybridized carbons (Fsp3) is 0.0435. The number of anilines is 1. The van der Waals surface area contributed by atoms with Gasteiger partial charge in [0, 0.05) is 29.7 Å². The van der Waals surface area contributed by atoms with Gasteiger partial charge >= 0.3 is 0 Å². The van der Waals surface area contributed by atoms with Crippen molar-refractivity contribution < 1.29 is 0 Å². The molecule has 36 heavy (non-hydrogen) atoms. The van der Waals surface area contributed by atoms with E-state index in [-0.39, 0.29) is 12.5 Å². The zero-order valence-electron chi connectivity index (χ0n) is 18.8. The predicted octanol–water partition coefficient (Wildman–Crippen LogP) is 1.09. The molecule has 0 amide bonds. The van der Waals surface area contributed by atoms with Crippen LogP contribution < -0.4 is 17.4 Å². The molecule has 0 saturated heterocycles. The fourth-order valence-corrected chi connectivity index (χ4v) is 3.73. The summed E-state index contributed by atoms with van der Waals surface area (Å²) in [5, 5.41) is 19.0. The maximum absolute atomic E-state index is 9.38. The molecule has 4 aromatic heterocycles. The highest BCUT2D eigenvalue weighted by atomic mass is 15.5. The maximum atomic E-state index is 9.38. The minimum atomic E-state index is 0.0714. The average molecular weight is 477 g/mol. The second kappa shape index (κ2) is 9.41. The zero-order chi connectivity index (χ0) is 25.1. The fourth-order valence-electron chi connectivity index (χ4n) is 3.73. The number of hydrogen-bond acceptors (Lipinski definition) is 11. The van der Waals surface area contributed by atoms with E-state index in [9.17, 15) is 5.26 Å². The number of aromatic nitrogens is 7. The van der Waals surface area contributed by atoms with Gasteiger partial charge in [-0.05, 0) is 30.3 Å². The number of nitriles is 1. The highest BCUT2D eigenvalue weighted by Gasteiger charge is 2.22. The summed E-state index contributed by atoms with van der Waals surface area (Å²) in [7, 11) is 0. The highest BCUT2D eigenvalue weighted by Crippen LogP contribution is 2.33. The Bertz CT molecular complexity index is 1600. The van der Waals surface area contributed by atoms with Gasteiger partial charge in [0.15, 0.2) is 17.3 Å². The third-order valence-electron chi connectivity index (χ3n) is 5.30. The second-order valence-electron chi connectivity index (χ2n) is 7.56. The zero-order valence-corrected chi connectivity index (χ0v) is 18.8. The second-order valence-corrected chi connectivity index (χ2v) is 7.56. The summed E-state index contributed by atoms with van der Waals surface area (Å²) < 4.78 is 1.42. The first-order chi connectivity index (χ1) is 17.6. The molecular weight excluding hydrogens is 458 g/mol. The molecule has 0 saturated carbocycles. The Morgan fingerprint density at radius 1 is 1.08 bits per heavy atom. The number of amidine groups is 1. The quantitative estimate of drug-likeness (QED) is 0.142. The van der Waals surface area contributed by atoms with Crippen LogP contribution in [0.5, 0.6) is 0 Å². The first kappa shape index (κ1) is 22.3. The van der Waals surface area contributed by atoms with E-state index in [0.29, 0.717) is 50.9 Å². The topological polar surface area (TPSA) is 199 Å². The van der Waals surface area contributed by atoms with Crippen molar-refractivity contribution in [1.82, 2.24) is 39.5 Å². The molecule has 13 nitrogen and oxygen atoms in total. The molecule has 0 atom stereocenters. The van der Waals surface area contributed by atoms with Crippen molar-refractivity contribution in [2.45, 2.75) is 6.54 Å². The van der Waals surface area contributed by atoms with Crippen molar-refractivity contribution in [2.24, 2.45) is 16.8 Å². The van der Waals surface area contributed by atoms with Crippen LogP contribution >= 0.6 is 0 Å². The van der Waals surface area contributed by atoms with Crippen LogP contribution in [0, 0.1) is 11.3 Å². The van der Waals surface area contributed by atoms with E-state index in [4.69, 9.17) is 22.4 Å². The summed E-state index contributed by atoms with van der Waals surface area (Å²) in [6, 6.07) is 14.4. The molecule has 5 aromatic rings. The van der Waals surface area contributed by atoms with Gasteiger partial charge in [-0.2, -0.15) is 14.9 Å². The van der Waals surface area contributed by atoms with Crippen molar-refractivity contribution in [2.75, 3.05) is 5.73 Å². The molecule has 13 heteroatoms. The van der Waals surface area contributed by atoms with Crippen LogP contribution in [0.4, 0.5) is 5.95 Å². The summed E-state index contributed by atoms with van der Waals surface area (Å²) in [5.74, 6) is 12.6. The molecule has 0 unspecified atom stereocenters. The lowest BCUT2D eigenvalue weighted by atomic mass is 10.0. The molecular formula is C23H19N13. The van der Waals surface area contributed by atoms with Gasteiger partial charge in [-0.1, -0.05) is 12.1 Å². The van der Waals surface area contributed by atoms with Gasteiger partial charge in [0.25, 0.3) is 0 Å². The van der Waals surface area contributed by atoms with E-state index in [1.54, 1.807) is 55.0 Å². The molecule has 176 valence electrons. The van der Waals surface area contributed by atoms with Gasteiger partial charge in [0.2, 0.25) is 5.95 Å². The summed E-state index contributed by atoms with van der Waals surface area (Å²) in [4.78, 5) is 21.7. The summed E-state index contributed by atoms with van der Waals surface area (Å²) >= 11 is 0. The highest BCUT2D eigenvalue weighted by molar-refractivity contribution is 5.98. The van der Waals surface area contributed by atoms with Crippen molar-refractivity contribution in [3.05, 3.63) is 84.3 Å². The lowest BCUT2D eigenvalue weighted by Gasteiger charge is -2.18. The molecule has 0 bridgehead atoms. The lowest BCUT2D eigenvalue weighted by Crippen LogP contribution is -2.38. The van der Waals surface area contributed by atoms with Crippen molar-refractivity contribution >= 4 is 17.4 Å². The number of benzene rings is 1. The molecule has 5 rings (SSSR count). The number of hydrazine groups is 1. The van der Waals surface area contributed by atoms with Crippen molar-refractivity contribution in [1.29, 1.82) is 5.26 Å². The number of rotatable bonds is 5. The van der Waals surface area contributed by atoms with E-state index >= 15 is 0 Å². The van der Waals surface area contributed by atoms with Crippen LogP contribution in [0.15, 0.2) is 72.5 Å². The Labute approximate surface area is 204 Å². The van der Waals surface area contributed by atoms with E-state index in [0.717, 1.165) is 0 Å². The molecule has 0 aliphatic rings. The molecule has 0 radical (unpaired) electrons. The van der Waals surface area contributed by atoms with Crippen molar-refractivity contribution in [3.8, 4) is 28.6 Å². The van der Waals surface area contributed by atoms with Crippen LogP contribution in [0.25, 0.3) is 28.2 Å². The Balaban J connectivity index is 1.64. The third kappa shape index (κ3) is 4.11. The number of nitrogen functional groups attached to an aromatic ring is 1. The first-order valence-corrected chi connectivity index (χ1v) is 10.6. The molecule has 6 N–H and O–H groups in total. The predicted molar refractivity (Wildman–Crippen MR) is 131 cm³/mol. The monoisotopic (exact) mass is 477 g/mol. The smallest absolute Gasteiger partial charge is 0.223 e. The van der Waals surface area contributed by atoms with Crippen LogP contribution in [-0.2, 0) is 6.54 Å². The van der Waals surface area contributed by atoms with Gasteiger partial charge in [0.05, 0.1) is 35.1 Å².